The first-order valence-electron chi connectivity index (χ1n) is 8.76. The van der Waals surface area contributed by atoms with E-state index in [0.29, 0.717) is 11.5 Å². The monoisotopic (exact) mass is 397 g/mol. The van der Waals surface area contributed by atoms with Crippen LogP contribution in [0.3, 0.4) is 0 Å². The third-order valence-corrected chi connectivity index (χ3v) is 5.06. The molecule has 1 N–H and O–H groups in total. The fourth-order valence-corrected chi connectivity index (χ4v) is 3.27. The van der Waals surface area contributed by atoms with Crippen molar-refractivity contribution in [2.75, 3.05) is 19.5 Å². The van der Waals surface area contributed by atoms with Gasteiger partial charge in [-0.15, -0.1) is 11.3 Å². The standard InChI is InChI=1S/C21H23N3O3S/c1-21(2,3)20(25)23-14-9-19(28-12-14)16-11-22-10-15(24-16)13-6-7-17(26-4)18(8-13)27-5/h6-12H,1-5H3,(H,23,25). The van der Waals surface area contributed by atoms with Gasteiger partial charge in [-0.25, -0.2) is 4.98 Å². The number of aromatic nitrogens is 2. The zero-order valence-electron chi connectivity index (χ0n) is 16.6. The summed E-state index contributed by atoms with van der Waals surface area (Å²) < 4.78 is 10.7. The maximum absolute atomic E-state index is 12.2. The summed E-state index contributed by atoms with van der Waals surface area (Å²) in [7, 11) is 3.20. The van der Waals surface area contributed by atoms with Crippen LogP contribution in [0.2, 0.25) is 0 Å². The van der Waals surface area contributed by atoms with Gasteiger partial charge in [-0.1, -0.05) is 20.8 Å². The minimum atomic E-state index is -0.449. The second kappa shape index (κ2) is 7.98. The smallest absolute Gasteiger partial charge is 0.229 e. The Morgan fingerprint density at radius 1 is 1.04 bits per heavy atom. The first-order valence-corrected chi connectivity index (χ1v) is 9.64. The molecule has 7 heteroatoms. The van der Waals surface area contributed by atoms with E-state index in [4.69, 9.17) is 14.5 Å². The summed E-state index contributed by atoms with van der Waals surface area (Å²) in [6.45, 7) is 5.65. The number of carbonyl (C=O) groups is 1. The van der Waals surface area contributed by atoms with E-state index in [-0.39, 0.29) is 5.91 Å². The molecule has 146 valence electrons. The van der Waals surface area contributed by atoms with Crippen LogP contribution in [0.15, 0.2) is 42.0 Å². The number of hydrogen-bond acceptors (Lipinski definition) is 6. The van der Waals surface area contributed by atoms with Crippen LogP contribution < -0.4 is 14.8 Å². The lowest BCUT2D eigenvalue weighted by molar-refractivity contribution is -0.123. The zero-order chi connectivity index (χ0) is 20.3. The van der Waals surface area contributed by atoms with Crippen molar-refractivity contribution in [2.45, 2.75) is 20.8 Å². The molecule has 3 aromatic rings. The van der Waals surface area contributed by atoms with E-state index in [1.807, 2.05) is 50.4 Å². The summed E-state index contributed by atoms with van der Waals surface area (Å²) in [5.41, 5.74) is 2.67. The number of ether oxygens (including phenoxy) is 2. The summed E-state index contributed by atoms with van der Waals surface area (Å²) in [4.78, 5) is 22.2. The molecule has 1 amide bonds. The average molecular weight is 398 g/mol. The maximum Gasteiger partial charge on any atom is 0.229 e. The number of thiophene rings is 1. The molecule has 0 fully saturated rings. The summed E-state index contributed by atoms with van der Waals surface area (Å²) in [6, 6.07) is 7.54. The number of rotatable bonds is 5. The lowest BCUT2D eigenvalue weighted by Gasteiger charge is -2.16. The molecule has 1 aromatic carbocycles. The highest BCUT2D eigenvalue weighted by Crippen LogP contribution is 2.33. The average Bonchev–Trinajstić information content (AvgIpc) is 3.15. The van der Waals surface area contributed by atoms with E-state index < -0.39 is 5.41 Å². The van der Waals surface area contributed by atoms with E-state index in [1.54, 1.807) is 26.6 Å². The van der Waals surface area contributed by atoms with Crippen LogP contribution >= 0.6 is 11.3 Å². The van der Waals surface area contributed by atoms with Crippen LogP contribution in [0, 0.1) is 5.41 Å². The normalized spacial score (nSPS) is 11.2. The van der Waals surface area contributed by atoms with Crippen LogP contribution in [-0.2, 0) is 4.79 Å². The van der Waals surface area contributed by atoms with Crippen molar-refractivity contribution in [3.05, 3.63) is 42.0 Å². The number of methoxy groups -OCH3 is 2. The second-order valence-electron chi connectivity index (χ2n) is 7.26. The van der Waals surface area contributed by atoms with Crippen molar-refractivity contribution < 1.29 is 14.3 Å². The fourth-order valence-electron chi connectivity index (χ4n) is 2.47. The van der Waals surface area contributed by atoms with Gasteiger partial charge in [0.05, 0.1) is 48.6 Å². The van der Waals surface area contributed by atoms with Crippen molar-refractivity contribution in [3.63, 3.8) is 0 Å². The van der Waals surface area contributed by atoms with Crippen molar-refractivity contribution in [1.82, 2.24) is 9.97 Å². The van der Waals surface area contributed by atoms with E-state index >= 15 is 0 Å². The molecule has 0 radical (unpaired) electrons. The minimum absolute atomic E-state index is 0.0259. The van der Waals surface area contributed by atoms with Gasteiger partial charge in [0.2, 0.25) is 5.91 Å². The molecule has 0 bridgehead atoms. The molecular weight excluding hydrogens is 374 g/mol. The zero-order valence-corrected chi connectivity index (χ0v) is 17.4. The molecule has 0 saturated carbocycles. The van der Waals surface area contributed by atoms with Gasteiger partial charge in [-0.2, -0.15) is 0 Å². The van der Waals surface area contributed by atoms with Crippen molar-refractivity contribution >= 4 is 22.9 Å². The highest BCUT2D eigenvalue weighted by atomic mass is 32.1. The van der Waals surface area contributed by atoms with Gasteiger partial charge >= 0.3 is 0 Å². The highest BCUT2D eigenvalue weighted by molar-refractivity contribution is 7.14. The summed E-state index contributed by atoms with van der Waals surface area (Å²) in [6.07, 6.45) is 3.42. The third kappa shape index (κ3) is 4.31. The molecule has 2 heterocycles. The Bertz CT molecular complexity index is 993. The molecule has 6 nitrogen and oxygen atoms in total. The topological polar surface area (TPSA) is 73.3 Å². The molecule has 0 atom stereocenters. The largest absolute Gasteiger partial charge is 0.493 e. The van der Waals surface area contributed by atoms with Gasteiger partial charge in [-0.3, -0.25) is 9.78 Å². The summed E-state index contributed by atoms with van der Waals surface area (Å²) in [5.74, 6) is 1.27. The number of carbonyl (C=O) groups excluding carboxylic acids is 1. The molecule has 3 rings (SSSR count). The quantitative estimate of drug-likeness (QED) is 0.665. The number of amides is 1. The third-order valence-electron chi connectivity index (χ3n) is 4.10. The number of nitrogens with zero attached hydrogens (tertiary/aromatic N) is 2. The Labute approximate surface area is 168 Å². The SMILES string of the molecule is COc1ccc(-c2cncc(-c3cc(NC(=O)C(C)(C)C)cs3)n2)cc1OC. The molecular formula is C21H23N3O3S. The van der Waals surface area contributed by atoms with Crippen LogP contribution in [0.1, 0.15) is 20.8 Å². The molecule has 0 aliphatic heterocycles. The van der Waals surface area contributed by atoms with Crippen molar-refractivity contribution in [1.29, 1.82) is 0 Å². The number of anilines is 1. The Morgan fingerprint density at radius 2 is 1.75 bits per heavy atom. The Kier molecular flexibility index (Phi) is 5.65. The van der Waals surface area contributed by atoms with E-state index in [2.05, 4.69) is 10.3 Å². The molecule has 0 saturated heterocycles. The van der Waals surface area contributed by atoms with Gasteiger partial charge in [0.25, 0.3) is 0 Å². The van der Waals surface area contributed by atoms with Gasteiger partial charge in [0, 0.05) is 16.4 Å². The summed E-state index contributed by atoms with van der Waals surface area (Å²) >= 11 is 1.51. The minimum Gasteiger partial charge on any atom is -0.493 e. The molecule has 28 heavy (non-hydrogen) atoms. The van der Waals surface area contributed by atoms with E-state index in [9.17, 15) is 4.79 Å². The first-order chi connectivity index (χ1) is 13.3. The van der Waals surface area contributed by atoms with E-state index in [0.717, 1.165) is 27.5 Å². The molecule has 0 aliphatic rings. The van der Waals surface area contributed by atoms with Crippen LogP contribution in [0.25, 0.3) is 21.8 Å². The van der Waals surface area contributed by atoms with Crippen molar-refractivity contribution in [2.24, 2.45) is 5.41 Å². The molecule has 0 aliphatic carbocycles. The molecule has 0 unspecified atom stereocenters. The molecule has 2 aromatic heterocycles. The van der Waals surface area contributed by atoms with Crippen LogP contribution in [0.5, 0.6) is 11.5 Å². The van der Waals surface area contributed by atoms with Crippen LogP contribution in [-0.4, -0.2) is 30.1 Å². The van der Waals surface area contributed by atoms with Gasteiger partial charge in [0.1, 0.15) is 0 Å². The first kappa shape index (κ1) is 19.8. The lowest BCUT2D eigenvalue weighted by atomic mass is 9.96. The predicted molar refractivity (Wildman–Crippen MR) is 112 cm³/mol. The highest BCUT2D eigenvalue weighted by Gasteiger charge is 2.21. The van der Waals surface area contributed by atoms with E-state index in [1.165, 1.54) is 11.3 Å². The number of hydrogen-bond donors (Lipinski definition) is 1. The Morgan fingerprint density at radius 3 is 2.43 bits per heavy atom. The van der Waals surface area contributed by atoms with Gasteiger partial charge < -0.3 is 14.8 Å². The predicted octanol–water partition coefficient (Wildman–Crippen LogP) is 4.87. The number of benzene rings is 1. The Hall–Kier alpha value is -2.93. The lowest BCUT2D eigenvalue weighted by Crippen LogP contribution is -2.27. The summed E-state index contributed by atoms with van der Waals surface area (Å²) in [5, 5.41) is 4.85. The van der Waals surface area contributed by atoms with Gasteiger partial charge in [-0.05, 0) is 24.3 Å². The number of nitrogens with one attached hydrogen (secondary N) is 1. The Balaban J connectivity index is 1.87. The molecule has 0 spiro atoms. The van der Waals surface area contributed by atoms with Crippen LogP contribution in [0.4, 0.5) is 5.69 Å². The van der Waals surface area contributed by atoms with Crippen molar-refractivity contribution in [3.8, 4) is 33.3 Å². The second-order valence-corrected chi connectivity index (χ2v) is 8.17. The fraction of sp³-hybridized carbons (Fsp3) is 0.286. The maximum atomic E-state index is 12.2. The van der Waals surface area contributed by atoms with Gasteiger partial charge in [0.15, 0.2) is 11.5 Å².